The van der Waals surface area contributed by atoms with Gasteiger partial charge in [0.1, 0.15) is 5.01 Å². The van der Waals surface area contributed by atoms with E-state index in [-0.39, 0.29) is 6.03 Å². The zero-order valence-corrected chi connectivity index (χ0v) is 15.0. The fourth-order valence-electron chi connectivity index (χ4n) is 1.87. The molecule has 22 heavy (non-hydrogen) atoms. The Kier molecular flexibility index (Phi) is 5.49. The van der Waals surface area contributed by atoms with Crippen LogP contribution in [0, 0.1) is 16.7 Å². The summed E-state index contributed by atoms with van der Waals surface area (Å²) in [4.78, 5) is 18.3. The first-order valence-corrected chi connectivity index (χ1v) is 7.77. The number of nitriles is 1. The Hall–Kier alpha value is -1.72. The van der Waals surface area contributed by atoms with E-state index in [0.29, 0.717) is 11.6 Å². The van der Waals surface area contributed by atoms with E-state index < -0.39 is 10.8 Å². The van der Waals surface area contributed by atoms with Crippen molar-refractivity contribution in [3.8, 4) is 6.07 Å². The van der Waals surface area contributed by atoms with E-state index in [2.05, 4.69) is 16.3 Å². The van der Waals surface area contributed by atoms with Crippen molar-refractivity contribution >= 4 is 22.5 Å². The van der Waals surface area contributed by atoms with E-state index in [0.717, 1.165) is 10.1 Å². The second kappa shape index (κ2) is 6.58. The molecule has 0 saturated carbocycles. The summed E-state index contributed by atoms with van der Waals surface area (Å²) >= 11 is 1.31. The van der Waals surface area contributed by atoms with Gasteiger partial charge in [-0.05, 0) is 13.3 Å². The van der Waals surface area contributed by atoms with Gasteiger partial charge in [-0.1, -0.05) is 32.1 Å². The molecule has 2 amide bonds. The van der Waals surface area contributed by atoms with Gasteiger partial charge >= 0.3 is 6.03 Å². The lowest BCUT2D eigenvalue weighted by molar-refractivity contribution is -0.0619. The highest BCUT2D eigenvalue weighted by Gasteiger charge is 2.44. The topological polar surface area (TPSA) is 82.3 Å². The van der Waals surface area contributed by atoms with Crippen molar-refractivity contribution in [2.24, 2.45) is 5.41 Å². The molecule has 0 spiro atoms. The zero-order valence-electron chi connectivity index (χ0n) is 14.2. The third-order valence-corrected chi connectivity index (χ3v) is 5.72. The smallest absolute Gasteiger partial charge is 0.273 e. The van der Waals surface area contributed by atoms with Gasteiger partial charge in [0.05, 0.1) is 18.6 Å². The molecule has 0 bridgehead atoms. The van der Waals surface area contributed by atoms with Crippen LogP contribution in [0.3, 0.4) is 0 Å². The number of rotatable bonds is 5. The predicted octanol–water partition coefficient (Wildman–Crippen LogP) is 2.80. The van der Waals surface area contributed by atoms with E-state index in [1.807, 2.05) is 27.7 Å². The van der Waals surface area contributed by atoms with Gasteiger partial charge in [-0.25, -0.2) is 9.86 Å². The van der Waals surface area contributed by atoms with Gasteiger partial charge < -0.3 is 0 Å². The molecule has 0 aliphatic carbocycles. The lowest BCUT2D eigenvalue weighted by Gasteiger charge is -2.36. The van der Waals surface area contributed by atoms with E-state index >= 15 is 0 Å². The third-order valence-electron chi connectivity index (χ3n) is 4.40. The molecular formula is C14H23N5O2S. The first-order valence-electron chi connectivity index (χ1n) is 6.95. The van der Waals surface area contributed by atoms with Crippen LogP contribution in [-0.2, 0) is 10.3 Å². The van der Waals surface area contributed by atoms with Gasteiger partial charge in [0.15, 0.2) is 0 Å². The Morgan fingerprint density at radius 3 is 2.41 bits per heavy atom. The maximum absolute atomic E-state index is 12.1. The highest BCUT2D eigenvalue weighted by molar-refractivity contribution is 7.15. The molecule has 0 N–H and O–H groups in total. The molecule has 122 valence electrons. The fourth-order valence-corrected chi connectivity index (χ4v) is 2.90. The number of aromatic nitrogens is 2. The van der Waals surface area contributed by atoms with Crippen LogP contribution in [-0.4, -0.2) is 42.5 Å². The number of carbonyl (C=O) groups excluding carboxylic acids is 1. The van der Waals surface area contributed by atoms with E-state index in [1.54, 1.807) is 7.05 Å². The van der Waals surface area contributed by atoms with Crippen LogP contribution in [0.1, 0.15) is 39.1 Å². The van der Waals surface area contributed by atoms with Crippen molar-refractivity contribution < 1.29 is 9.63 Å². The zero-order chi connectivity index (χ0) is 17.1. The number of hydrogen-bond acceptors (Lipinski definition) is 6. The summed E-state index contributed by atoms with van der Waals surface area (Å²) in [6.07, 6.45) is 0.701. The largest absolute Gasteiger partial charge is 0.349 e. The Morgan fingerprint density at radius 2 is 1.95 bits per heavy atom. The van der Waals surface area contributed by atoms with Crippen LogP contribution >= 0.6 is 11.3 Å². The summed E-state index contributed by atoms with van der Waals surface area (Å²) in [6.45, 7) is 7.86. The summed E-state index contributed by atoms with van der Waals surface area (Å²) in [5, 5.41) is 20.1. The number of anilines is 1. The van der Waals surface area contributed by atoms with E-state index in [9.17, 15) is 10.1 Å². The molecule has 1 aromatic heterocycles. The third kappa shape index (κ3) is 3.05. The molecule has 1 atom stereocenters. The maximum Gasteiger partial charge on any atom is 0.349 e. The summed E-state index contributed by atoms with van der Waals surface area (Å²) in [5.74, 6) is 0. The van der Waals surface area contributed by atoms with Gasteiger partial charge in [-0.2, -0.15) is 5.26 Å². The normalized spacial score (nSPS) is 14.1. The molecule has 0 radical (unpaired) electrons. The van der Waals surface area contributed by atoms with Crippen LogP contribution in [0.25, 0.3) is 0 Å². The minimum Gasteiger partial charge on any atom is -0.273 e. The first kappa shape index (κ1) is 18.3. The van der Waals surface area contributed by atoms with Gasteiger partial charge in [0, 0.05) is 19.5 Å². The molecule has 0 fully saturated rings. The number of nitrogens with zero attached hydrogens (tertiary/aromatic N) is 5. The number of urea groups is 1. The SMILES string of the molecule is CCC(C)(C#N)C(C)(C)c1nnc(N(C)C(=O)N(C)OC)s1. The highest BCUT2D eigenvalue weighted by atomic mass is 32.1. The predicted molar refractivity (Wildman–Crippen MR) is 85.5 cm³/mol. The molecule has 1 rings (SSSR count). The van der Waals surface area contributed by atoms with Crippen LogP contribution in [0.4, 0.5) is 9.93 Å². The quantitative estimate of drug-likeness (QED) is 0.777. The molecule has 0 saturated heterocycles. The van der Waals surface area contributed by atoms with Crippen LogP contribution in [0.15, 0.2) is 0 Å². The average molecular weight is 325 g/mol. The van der Waals surface area contributed by atoms with Crippen molar-refractivity contribution in [1.29, 1.82) is 5.26 Å². The van der Waals surface area contributed by atoms with Crippen molar-refractivity contribution in [2.45, 2.75) is 39.5 Å². The Labute approximate surface area is 135 Å². The average Bonchev–Trinajstić information content (AvgIpc) is 3.02. The molecular weight excluding hydrogens is 302 g/mol. The van der Waals surface area contributed by atoms with Gasteiger partial charge in [0.2, 0.25) is 5.13 Å². The van der Waals surface area contributed by atoms with Crippen molar-refractivity contribution in [3.63, 3.8) is 0 Å². The van der Waals surface area contributed by atoms with Gasteiger partial charge in [-0.3, -0.25) is 9.74 Å². The second-order valence-electron chi connectivity index (χ2n) is 5.83. The molecule has 0 aliphatic rings. The molecule has 1 heterocycles. The summed E-state index contributed by atoms with van der Waals surface area (Å²) in [7, 11) is 4.55. The number of amides is 2. The van der Waals surface area contributed by atoms with Crippen LogP contribution < -0.4 is 4.90 Å². The monoisotopic (exact) mass is 325 g/mol. The molecule has 8 heteroatoms. The van der Waals surface area contributed by atoms with E-state index in [4.69, 9.17) is 4.84 Å². The van der Waals surface area contributed by atoms with Crippen molar-refractivity contribution in [2.75, 3.05) is 26.1 Å². The first-order chi connectivity index (χ1) is 10.1. The number of hydroxylamine groups is 2. The molecule has 1 unspecified atom stereocenters. The van der Waals surface area contributed by atoms with Gasteiger partial charge in [-0.15, -0.1) is 10.2 Å². The Bertz CT molecular complexity index is 580. The second-order valence-corrected chi connectivity index (χ2v) is 6.79. The summed E-state index contributed by atoms with van der Waals surface area (Å²) in [5.41, 5.74) is -1.03. The molecule has 7 nitrogen and oxygen atoms in total. The summed E-state index contributed by atoms with van der Waals surface area (Å²) in [6, 6.07) is 2.04. The number of carbonyl (C=O) groups is 1. The van der Waals surface area contributed by atoms with Gasteiger partial charge in [0.25, 0.3) is 0 Å². The lowest BCUT2D eigenvalue weighted by atomic mass is 9.66. The fraction of sp³-hybridized carbons (Fsp3) is 0.714. The molecule has 0 aliphatic heterocycles. The molecule has 0 aromatic carbocycles. The standard InChI is InChI=1S/C14H23N5O2S/c1-8-14(4,9-15)13(2,3)10-16-17-11(22-10)18(5)12(20)19(6)21-7/h8H2,1-7H3. The van der Waals surface area contributed by atoms with Crippen molar-refractivity contribution in [3.05, 3.63) is 5.01 Å². The lowest BCUT2D eigenvalue weighted by Crippen LogP contribution is -2.38. The van der Waals surface area contributed by atoms with Crippen LogP contribution in [0.2, 0.25) is 0 Å². The highest BCUT2D eigenvalue weighted by Crippen LogP contribution is 2.45. The Balaban J connectivity index is 3.11. The Morgan fingerprint density at radius 1 is 1.36 bits per heavy atom. The van der Waals surface area contributed by atoms with E-state index in [1.165, 1.54) is 30.4 Å². The minimum absolute atomic E-state index is 0.346. The maximum atomic E-state index is 12.1. The number of hydrogen-bond donors (Lipinski definition) is 0. The summed E-state index contributed by atoms with van der Waals surface area (Å²) < 4.78 is 0. The van der Waals surface area contributed by atoms with Crippen LogP contribution in [0.5, 0.6) is 0 Å². The van der Waals surface area contributed by atoms with Crippen molar-refractivity contribution in [1.82, 2.24) is 15.3 Å². The molecule has 1 aromatic rings. The minimum atomic E-state index is -0.560.